The quantitative estimate of drug-likeness (QED) is 0.624. The fourth-order valence-corrected chi connectivity index (χ4v) is 4.38. The van der Waals surface area contributed by atoms with Crippen LogP contribution >= 0.6 is 0 Å². The Bertz CT molecular complexity index is 991. The van der Waals surface area contributed by atoms with Gasteiger partial charge in [-0.05, 0) is 54.7 Å². The van der Waals surface area contributed by atoms with Gasteiger partial charge in [0.1, 0.15) is 17.7 Å². The monoisotopic (exact) mass is 404 g/mol. The first kappa shape index (κ1) is 20.4. The maximum absolute atomic E-state index is 10.8. The van der Waals surface area contributed by atoms with Gasteiger partial charge < -0.3 is 14.6 Å². The first-order chi connectivity index (χ1) is 14.7. The van der Waals surface area contributed by atoms with Crippen molar-refractivity contribution in [3.63, 3.8) is 0 Å². The summed E-state index contributed by atoms with van der Waals surface area (Å²) in [6.07, 6.45) is 6.42. The van der Waals surface area contributed by atoms with Gasteiger partial charge >= 0.3 is 0 Å². The van der Waals surface area contributed by atoms with E-state index in [-0.39, 0.29) is 12.0 Å². The smallest absolute Gasteiger partial charge is 0.137 e. The van der Waals surface area contributed by atoms with Crippen LogP contribution in [0.1, 0.15) is 29.3 Å². The van der Waals surface area contributed by atoms with Crippen molar-refractivity contribution in [3.05, 3.63) is 77.6 Å². The lowest BCUT2D eigenvalue weighted by atomic mass is 9.88. The van der Waals surface area contributed by atoms with E-state index in [1.807, 2.05) is 42.7 Å². The minimum atomic E-state index is -0.210. The molecule has 1 unspecified atom stereocenters. The number of nitrogens with zero attached hydrogens (tertiary/aromatic N) is 2. The van der Waals surface area contributed by atoms with Crippen molar-refractivity contribution in [2.75, 3.05) is 27.3 Å². The number of aromatic nitrogens is 1. The molecule has 1 N–H and O–H groups in total. The van der Waals surface area contributed by atoms with Crippen molar-refractivity contribution in [2.24, 2.45) is 0 Å². The predicted molar refractivity (Wildman–Crippen MR) is 118 cm³/mol. The van der Waals surface area contributed by atoms with Gasteiger partial charge in [-0.25, -0.2) is 0 Å². The van der Waals surface area contributed by atoms with E-state index in [1.165, 1.54) is 11.1 Å². The van der Waals surface area contributed by atoms with Gasteiger partial charge in [0.2, 0.25) is 0 Å². The van der Waals surface area contributed by atoms with Crippen molar-refractivity contribution in [1.82, 2.24) is 9.88 Å². The summed E-state index contributed by atoms with van der Waals surface area (Å²) >= 11 is 0. The van der Waals surface area contributed by atoms with Gasteiger partial charge in [0, 0.05) is 49.3 Å². The summed E-state index contributed by atoms with van der Waals surface area (Å²) in [5.41, 5.74) is 5.23. The molecule has 2 heterocycles. The van der Waals surface area contributed by atoms with Crippen LogP contribution in [-0.2, 0) is 17.6 Å². The normalized spacial score (nSPS) is 16.3. The molecule has 0 saturated carbocycles. The molecule has 1 atom stereocenters. The fraction of sp³-hybridized carbons (Fsp3) is 0.320. The largest absolute Gasteiger partial charge is 0.507 e. The number of ether oxygens (including phenoxy) is 2. The number of phenolic OH excluding ortho intramolecular Hbond substituents is 1. The zero-order valence-electron chi connectivity index (χ0n) is 17.5. The molecule has 0 radical (unpaired) electrons. The van der Waals surface area contributed by atoms with Gasteiger partial charge in [-0.2, -0.15) is 0 Å². The van der Waals surface area contributed by atoms with E-state index in [2.05, 4.69) is 22.0 Å². The number of benzene rings is 2. The molecule has 2 aromatic carbocycles. The number of aromatic hydroxyl groups is 1. The number of para-hydroxylation sites is 1. The van der Waals surface area contributed by atoms with Gasteiger partial charge in [-0.1, -0.05) is 24.3 Å². The van der Waals surface area contributed by atoms with Crippen LogP contribution in [0.3, 0.4) is 0 Å². The number of pyridine rings is 1. The molecule has 5 heteroatoms. The number of methoxy groups -OCH3 is 2. The van der Waals surface area contributed by atoms with E-state index in [9.17, 15) is 5.11 Å². The van der Waals surface area contributed by atoms with E-state index < -0.39 is 0 Å². The van der Waals surface area contributed by atoms with E-state index in [1.54, 1.807) is 20.3 Å². The average Bonchev–Trinajstić information content (AvgIpc) is 2.79. The van der Waals surface area contributed by atoms with Crippen molar-refractivity contribution >= 4 is 0 Å². The van der Waals surface area contributed by atoms with Crippen molar-refractivity contribution in [1.29, 1.82) is 0 Å². The second-order valence-electron chi connectivity index (χ2n) is 7.57. The third-order valence-corrected chi connectivity index (χ3v) is 5.82. The number of phenols is 1. The summed E-state index contributed by atoms with van der Waals surface area (Å²) in [7, 11) is 3.40. The summed E-state index contributed by atoms with van der Waals surface area (Å²) in [5, 5.41) is 10.8. The van der Waals surface area contributed by atoms with Crippen LogP contribution in [0.2, 0.25) is 0 Å². The molecule has 0 bridgehead atoms. The lowest BCUT2D eigenvalue weighted by Gasteiger charge is -2.38. The number of fused-ring (bicyclic) bond motifs is 1. The second kappa shape index (κ2) is 9.28. The van der Waals surface area contributed by atoms with Gasteiger partial charge in [0.15, 0.2) is 0 Å². The van der Waals surface area contributed by atoms with Crippen LogP contribution in [0.4, 0.5) is 0 Å². The van der Waals surface area contributed by atoms with Crippen LogP contribution in [0.5, 0.6) is 11.5 Å². The van der Waals surface area contributed by atoms with Crippen molar-refractivity contribution in [2.45, 2.75) is 25.5 Å². The predicted octanol–water partition coefficient (Wildman–Crippen LogP) is 4.60. The van der Waals surface area contributed by atoms with E-state index in [0.717, 1.165) is 54.8 Å². The molecule has 0 fully saturated rings. The first-order valence-corrected chi connectivity index (χ1v) is 10.4. The lowest BCUT2D eigenvalue weighted by Crippen LogP contribution is -2.37. The first-order valence-electron chi connectivity index (χ1n) is 10.4. The molecular weight excluding hydrogens is 376 g/mol. The summed E-state index contributed by atoms with van der Waals surface area (Å²) in [6, 6.07) is 15.8. The number of aryl methyl sites for hydroxylation is 1. The maximum Gasteiger partial charge on any atom is 0.137 e. The van der Waals surface area contributed by atoms with Crippen LogP contribution in [-0.4, -0.2) is 42.3 Å². The third-order valence-electron chi connectivity index (χ3n) is 5.82. The van der Waals surface area contributed by atoms with Crippen LogP contribution in [0, 0.1) is 0 Å². The molecule has 156 valence electrons. The van der Waals surface area contributed by atoms with Gasteiger partial charge in [-0.15, -0.1) is 0 Å². The molecule has 0 saturated heterocycles. The maximum atomic E-state index is 10.8. The zero-order valence-corrected chi connectivity index (χ0v) is 17.5. The highest BCUT2D eigenvalue weighted by Crippen LogP contribution is 2.45. The Morgan fingerprint density at radius 1 is 1.07 bits per heavy atom. The summed E-state index contributed by atoms with van der Waals surface area (Å²) in [4.78, 5) is 6.45. The molecular formula is C25H28N2O3. The SMILES string of the molecule is COc1ccccc1-c1c(O)ccc2c1C(OC)N(CCCc1ccncc1)CC2. The Kier molecular flexibility index (Phi) is 6.31. The fourth-order valence-electron chi connectivity index (χ4n) is 4.38. The number of rotatable bonds is 7. The summed E-state index contributed by atoms with van der Waals surface area (Å²) < 4.78 is 11.6. The van der Waals surface area contributed by atoms with Crippen LogP contribution in [0.15, 0.2) is 60.9 Å². The summed E-state index contributed by atoms with van der Waals surface area (Å²) in [5.74, 6) is 0.991. The molecule has 1 aliphatic heterocycles. The molecule has 1 aliphatic rings. The highest BCUT2D eigenvalue weighted by molar-refractivity contribution is 5.80. The van der Waals surface area contributed by atoms with E-state index in [4.69, 9.17) is 9.47 Å². The highest BCUT2D eigenvalue weighted by Gasteiger charge is 2.31. The molecule has 5 nitrogen and oxygen atoms in total. The topological polar surface area (TPSA) is 54.8 Å². The molecule has 0 aliphatic carbocycles. The van der Waals surface area contributed by atoms with E-state index >= 15 is 0 Å². The second-order valence-corrected chi connectivity index (χ2v) is 7.57. The van der Waals surface area contributed by atoms with E-state index in [0.29, 0.717) is 0 Å². The van der Waals surface area contributed by atoms with Crippen LogP contribution < -0.4 is 4.74 Å². The molecule has 30 heavy (non-hydrogen) atoms. The Morgan fingerprint density at radius 3 is 2.63 bits per heavy atom. The number of hydrogen-bond acceptors (Lipinski definition) is 5. The molecule has 0 spiro atoms. The van der Waals surface area contributed by atoms with Crippen molar-refractivity contribution in [3.8, 4) is 22.6 Å². The van der Waals surface area contributed by atoms with Crippen LogP contribution in [0.25, 0.3) is 11.1 Å². The third kappa shape index (κ3) is 4.04. The minimum absolute atomic E-state index is 0.210. The van der Waals surface area contributed by atoms with Gasteiger partial charge in [0.25, 0.3) is 0 Å². The Hall–Kier alpha value is -2.89. The number of hydrogen-bond donors (Lipinski definition) is 1. The standard InChI is InChI=1S/C25H28N2O3/c1-29-22-8-4-3-7-20(22)24-21(28)10-9-19-13-17-27(25(30-2)23(19)24)16-5-6-18-11-14-26-15-12-18/h3-4,7-12,14-15,25,28H,5-6,13,16-17H2,1-2H3. The Labute approximate surface area is 177 Å². The Morgan fingerprint density at radius 2 is 1.87 bits per heavy atom. The van der Waals surface area contributed by atoms with Gasteiger partial charge in [-0.3, -0.25) is 9.88 Å². The molecule has 0 amide bonds. The average molecular weight is 405 g/mol. The zero-order chi connectivity index (χ0) is 20.9. The molecule has 1 aromatic heterocycles. The van der Waals surface area contributed by atoms with Crippen molar-refractivity contribution < 1.29 is 14.6 Å². The summed E-state index contributed by atoms with van der Waals surface area (Å²) in [6.45, 7) is 1.85. The molecule has 4 rings (SSSR count). The minimum Gasteiger partial charge on any atom is -0.507 e. The lowest BCUT2D eigenvalue weighted by molar-refractivity contribution is -0.0419. The molecule has 3 aromatic rings. The van der Waals surface area contributed by atoms with Gasteiger partial charge in [0.05, 0.1) is 7.11 Å². The highest BCUT2D eigenvalue weighted by atomic mass is 16.5. The Balaban J connectivity index is 1.65.